The summed E-state index contributed by atoms with van der Waals surface area (Å²) in [4.78, 5) is 23.7. The Bertz CT molecular complexity index is 763. The second kappa shape index (κ2) is 8.72. The van der Waals surface area contributed by atoms with Crippen LogP contribution in [0.3, 0.4) is 0 Å². The average molecular weight is 380 g/mol. The van der Waals surface area contributed by atoms with Crippen molar-refractivity contribution in [1.82, 2.24) is 31.1 Å². The maximum absolute atomic E-state index is 12.8. The van der Waals surface area contributed by atoms with Crippen molar-refractivity contribution in [2.45, 2.75) is 30.6 Å². The first-order chi connectivity index (χ1) is 12.6. The molecular weight excluding hydrogens is 363 g/mol. The summed E-state index contributed by atoms with van der Waals surface area (Å²) in [6, 6.07) is 4.98. The highest BCUT2D eigenvalue weighted by atomic mass is 32.2. The van der Waals surface area contributed by atoms with Crippen LogP contribution in [0, 0.1) is 5.82 Å². The summed E-state index contributed by atoms with van der Waals surface area (Å²) >= 11 is 1.15. The highest BCUT2D eigenvalue weighted by molar-refractivity contribution is 7.99. The first kappa shape index (κ1) is 18.3. The third-order valence-electron chi connectivity index (χ3n) is 3.65. The Kier molecular flexibility index (Phi) is 6.12. The van der Waals surface area contributed by atoms with Crippen LogP contribution in [0.5, 0.6) is 0 Å². The van der Waals surface area contributed by atoms with Gasteiger partial charge in [0.05, 0.1) is 18.4 Å². The molecule has 1 aromatic heterocycles. The standard InChI is InChI=1S/C15H17FN6O3S/c16-11-5-3-10(4-6-11)14(24)18-17-13(23)9-26-15-19-20-21-22(15)8-12-2-1-7-25-12/h3-6,12H,1-2,7-9H2,(H,17,23)(H,18,24). The zero-order chi connectivity index (χ0) is 18.4. The van der Waals surface area contributed by atoms with E-state index in [1.165, 1.54) is 24.3 Å². The molecule has 1 atom stereocenters. The SMILES string of the molecule is O=C(CSc1nnnn1CC1CCCO1)NNC(=O)c1ccc(F)cc1. The number of amides is 2. The Morgan fingerprint density at radius 2 is 2.12 bits per heavy atom. The molecular formula is C15H17FN6O3S. The number of hydrogen-bond donors (Lipinski definition) is 2. The van der Waals surface area contributed by atoms with E-state index in [-0.39, 0.29) is 17.4 Å². The lowest BCUT2D eigenvalue weighted by Crippen LogP contribution is -2.42. The summed E-state index contributed by atoms with van der Waals surface area (Å²) in [5.41, 5.74) is 4.80. The summed E-state index contributed by atoms with van der Waals surface area (Å²) in [6.07, 6.45) is 2.06. The second-order valence-corrected chi connectivity index (χ2v) is 6.52. The lowest BCUT2D eigenvalue weighted by Gasteiger charge is -2.10. The summed E-state index contributed by atoms with van der Waals surface area (Å²) in [5.74, 6) is -1.37. The monoisotopic (exact) mass is 380 g/mol. The number of nitrogens with one attached hydrogen (secondary N) is 2. The van der Waals surface area contributed by atoms with Crippen molar-refractivity contribution in [3.05, 3.63) is 35.6 Å². The van der Waals surface area contributed by atoms with E-state index >= 15 is 0 Å². The maximum atomic E-state index is 12.8. The van der Waals surface area contributed by atoms with Gasteiger partial charge in [-0.3, -0.25) is 20.4 Å². The summed E-state index contributed by atoms with van der Waals surface area (Å²) in [7, 11) is 0. The molecule has 1 fully saturated rings. The van der Waals surface area contributed by atoms with E-state index in [1.54, 1.807) is 4.68 Å². The average Bonchev–Trinajstić information content (AvgIpc) is 3.31. The zero-order valence-corrected chi connectivity index (χ0v) is 14.5. The Morgan fingerprint density at radius 1 is 1.31 bits per heavy atom. The number of carbonyl (C=O) groups excluding carboxylic acids is 2. The van der Waals surface area contributed by atoms with Gasteiger partial charge in [0.15, 0.2) is 0 Å². The van der Waals surface area contributed by atoms with Crippen LogP contribution in [0.25, 0.3) is 0 Å². The molecule has 0 spiro atoms. The van der Waals surface area contributed by atoms with Crippen LogP contribution in [0.1, 0.15) is 23.2 Å². The molecule has 1 unspecified atom stereocenters. The van der Waals surface area contributed by atoms with Crippen LogP contribution in [-0.4, -0.2) is 50.5 Å². The summed E-state index contributed by atoms with van der Waals surface area (Å²) in [6.45, 7) is 1.28. The van der Waals surface area contributed by atoms with Gasteiger partial charge in [0.1, 0.15) is 5.82 Å². The molecule has 11 heteroatoms. The quantitative estimate of drug-likeness (QED) is 0.556. The zero-order valence-electron chi connectivity index (χ0n) is 13.7. The number of hydrogen-bond acceptors (Lipinski definition) is 7. The Hall–Kier alpha value is -2.53. The number of carbonyl (C=O) groups is 2. The molecule has 0 aliphatic carbocycles. The number of benzene rings is 1. The number of thioether (sulfide) groups is 1. The summed E-state index contributed by atoms with van der Waals surface area (Å²) < 4.78 is 20.0. The minimum absolute atomic E-state index is 0.0234. The molecule has 26 heavy (non-hydrogen) atoms. The van der Waals surface area contributed by atoms with Crippen molar-refractivity contribution < 1.29 is 18.7 Å². The van der Waals surface area contributed by atoms with Crippen LogP contribution < -0.4 is 10.9 Å². The number of hydrazine groups is 1. The van der Waals surface area contributed by atoms with Crippen LogP contribution in [0.15, 0.2) is 29.4 Å². The fourth-order valence-corrected chi connectivity index (χ4v) is 3.05. The van der Waals surface area contributed by atoms with E-state index < -0.39 is 17.6 Å². The minimum Gasteiger partial charge on any atom is -0.376 e. The number of rotatable bonds is 6. The molecule has 0 saturated carbocycles. The first-order valence-electron chi connectivity index (χ1n) is 7.97. The smallest absolute Gasteiger partial charge is 0.269 e. The number of halogens is 1. The fraction of sp³-hybridized carbons (Fsp3) is 0.400. The van der Waals surface area contributed by atoms with E-state index in [0.717, 1.165) is 31.2 Å². The topological polar surface area (TPSA) is 111 Å². The van der Waals surface area contributed by atoms with E-state index in [9.17, 15) is 14.0 Å². The van der Waals surface area contributed by atoms with Gasteiger partial charge < -0.3 is 4.74 Å². The highest BCUT2D eigenvalue weighted by Crippen LogP contribution is 2.18. The van der Waals surface area contributed by atoms with Crippen molar-refractivity contribution in [2.75, 3.05) is 12.4 Å². The van der Waals surface area contributed by atoms with Crippen molar-refractivity contribution in [1.29, 1.82) is 0 Å². The second-order valence-electron chi connectivity index (χ2n) is 5.58. The molecule has 1 saturated heterocycles. The van der Waals surface area contributed by atoms with Crippen molar-refractivity contribution in [3.63, 3.8) is 0 Å². The Balaban J connectivity index is 1.43. The third-order valence-corrected chi connectivity index (χ3v) is 4.61. The van der Waals surface area contributed by atoms with Gasteiger partial charge in [0.2, 0.25) is 11.1 Å². The van der Waals surface area contributed by atoms with E-state index in [4.69, 9.17) is 4.74 Å². The normalized spacial score (nSPS) is 16.4. The number of tetrazole rings is 1. The van der Waals surface area contributed by atoms with Gasteiger partial charge >= 0.3 is 0 Å². The predicted molar refractivity (Wildman–Crippen MR) is 89.5 cm³/mol. The molecule has 138 valence electrons. The highest BCUT2D eigenvalue weighted by Gasteiger charge is 2.19. The lowest BCUT2D eigenvalue weighted by molar-refractivity contribution is -0.119. The Labute approximate surface area is 152 Å². The fourth-order valence-electron chi connectivity index (χ4n) is 2.36. The van der Waals surface area contributed by atoms with Crippen LogP contribution in [0.2, 0.25) is 0 Å². The van der Waals surface area contributed by atoms with Gasteiger partial charge in [-0.2, -0.15) is 0 Å². The minimum atomic E-state index is -0.536. The Morgan fingerprint density at radius 3 is 2.85 bits per heavy atom. The van der Waals surface area contributed by atoms with Gasteiger partial charge in [-0.1, -0.05) is 11.8 Å². The van der Waals surface area contributed by atoms with E-state index in [0.29, 0.717) is 11.7 Å². The van der Waals surface area contributed by atoms with Crippen LogP contribution >= 0.6 is 11.8 Å². The molecule has 1 aliphatic rings. The lowest BCUT2D eigenvalue weighted by atomic mass is 10.2. The van der Waals surface area contributed by atoms with Crippen LogP contribution in [-0.2, 0) is 16.1 Å². The van der Waals surface area contributed by atoms with Crippen LogP contribution in [0.4, 0.5) is 4.39 Å². The van der Waals surface area contributed by atoms with E-state index in [1.807, 2.05) is 0 Å². The van der Waals surface area contributed by atoms with Gasteiger partial charge in [-0.25, -0.2) is 9.07 Å². The first-order valence-corrected chi connectivity index (χ1v) is 8.95. The molecule has 3 rings (SSSR count). The molecule has 2 amide bonds. The van der Waals surface area contributed by atoms with E-state index in [2.05, 4.69) is 26.4 Å². The molecule has 2 N–H and O–H groups in total. The third kappa shape index (κ3) is 4.99. The van der Waals surface area contributed by atoms with Gasteiger partial charge in [-0.05, 0) is 47.5 Å². The number of ether oxygens (including phenoxy) is 1. The summed E-state index contributed by atoms with van der Waals surface area (Å²) in [5, 5.41) is 11.9. The van der Waals surface area contributed by atoms with Gasteiger partial charge in [0, 0.05) is 12.2 Å². The van der Waals surface area contributed by atoms with Crippen molar-refractivity contribution in [2.24, 2.45) is 0 Å². The largest absolute Gasteiger partial charge is 0.376 e. The molecule has 0 radical (unpaired) electrons. The number of aromatic nitrogens is 4. The van der Waals surface area contributed by atoms with Gasteiger partial charge in [0.25, 0.3) is 5.91 Å². The predicted octanol–water partition coefficient (Wildman–Crippen LogP) is 0.544. The number of nitrogens with zero attached hydrogens (tertiary/aromatic N) is 4. The molecule has 1 aliphatic heterocycles. The molecule has 1 aromatic carbocycles. The maximum Gasteiger partial charge on any atom is 0.269 e. The molecule has 0 bridgehead atoms. The molecule has 2 heterocycles. The van der Waals surface area contributed by atoms with Gasteiger partial charge in [-0.15, -0.1) is 5.10 Å². The molecule has 2 aromatic rings. The molecule has 9 nitrogen and oxygen atoms in total. The van der Waals surface area contributed by atoms with Crippen molar-refractivity contribution >= 4 is 23.6 Å². The van der Waals surface area contributed by atoms with Crippen molar-refractivity contribution in [3.8, 4) is 0 Å².